The van der Waals surface area contributed by atoms with Crippen LogP contribution in [0, 0.1) is 0 Å². The zero-order valence-corrected chi connectivity index (χ0v) is 16.8. The number of hydrogen-bond donors (Lipinski definition) is 1. The first-order chi connectivity index (χ1) is 14.2. The third-order valence-corrected chi connectivity index (χ3v) is 6.02. The number of anilines is 1. The van der Waals surface area contributed by atoms with Crippen LogP contribution in [0.1, 0.15) is 20.8 Å². The van der Waals surface area contributed by atoms with E-state index in [2.05, 4.69) is 10.3 Å². The van der Waals surface area contributed by atoms with Crippen molar-refractivity contribution in [2.45, 2.75) is 6.42 Å². The molecule has 5 aromatic rings. The van der Waals surface area contributed by atoms with Gasteiger partial charge in [0.25, 0.3) is 5.91 Å². The van der Waals surface area contributed by atoms with E-state index < -0.39 is 0 Å². The molecule has 6 heteroatoms. The molecule has 0 saturated carbocycles. The number of nitrogens with zero attached hydrogens (tertiary/aromatic N) is 1. The van der Waals surface area contributed by atoms with Crippen LogP contribution in [-0.4, -0.2) is 10.9 Å². The van der Waals surface area contributed by atoms with Crippen LogP contribution in [0.15, 0.2) is 77.3 Å². The second-order valence-corrected chi connectivity index (χ2v) is 8.19. The first-order valence-corrected chi connectivity index (χ1v) is 10.3. The zero-order valence-electron chi connectivity index (χ0n) is 15.2. The van der Waals surface area contributed by atoms with Gasteiger partial charge in [0.05, 0.1) is 0 Å². The van der Waals surface area contributed by atoms with Crippen LogP contribution in [0.5, 0.6) is 0 Å². The first kappa shape index (κ1) is 17.9. The molecule has 1 amide bonds. The fourth-order valence-electron chi connectivity index (χ4n) is 3.31. The Balaban J connectivity index is 1.37. The van der Waals surface area contributed by atoms with Crippen molar-refractivity contribution in [3.8, 4) is 0 Å². The van der Waals surface area contributed by atoms with Gasteiger partial charge in [-0.15, -0.1) is 11.3 Å². The monoisotopic (exact) mass is 418 g/mol. The lowest BCUT2D eigenvalue weighted by molar-refractivity contribution is 0.102. The van der Waals surface area contributed by atoms with Crippen LogP contribution in [0.25, 0.3) is 21.9 Å². The molecule has 4 nitrogen and oxygen atoms in total. The number of nitrogens with one attached hydrogen (secondary N) is 1. The highest BCUT2D eigenvalue weighted by atomic mass is 35.5. The lowest BCUT2D eigenvalue weighted by Gasteiger charge is -2.02. The van der Waals surface area contributed by atoms with Gasteiger partial charge in [0.1, 0.15) is 11.2 Å². The lowest BCUT2D eigenvalue weighted by Crippen LogP contribution is -2.11. The van der Waals surface area contributed by atoms with E-state index in [1.54, 1.807) is 12.3 Å². The average molecular weight is 419 g/mol. The maximum absolute atomic E-state index is 12.7. The molecule has 142 valence electrons. The predicted molar refractivity (Wildman–Crippen MR) is 118 cm³/mol. The zero-order chi connectivity index (χ0) is 19.8. The number of halogens is 1. The summed E-state index contributed by atoms with van der Waals surface area (Å²) in [5.41, 5.74) is 3.17. The van der Waals surface area contributed by atoms with Gasteiger partial charge in [-0.05, 0) is 35.9 Å². The molecule has 0 saturated heterocycles. The van der Waals surface area contributed by atoms with Crippen molar-refractivity contribution in [3.05, 3.63) is 94.0 Å². The van der Waals surface area contributed by atoms with Crippen LogP contribution in [0.3, 0.4) is 0 Å². The normalized spacial score (nSPS) is 11.2. The highest BCUT2D eigenvalue weighted by molar-refractivity contribution is 7.15. The summed E-state index contributed by atoms with van der Waals surface area (Å²) in [6.45, 7) is 0. The van der Waals surface area contributed by atoms with E-state index in [0.29, 0.717) is 17.1 Å². The highest BCUT2D eigenvalue weighted by Gasteiger charge is 2.13. The Kier molecular flexibility index (Phi) is 4.54. The van der Waals surface area contributed by atoms with Crippen LogP contribution in [-0.2, 0) is 6.42 Å². The maximum Gasteiger partial charge on any atom is 0.257 e. The fraction of sp³-hybridized carbons (Fsp3) is 0.0435. The Morgan fingerprint density at radius 1 is 1.00 bits per heavy atom. The first-order valence-electron chi connectivity index (χ1n) is 9.08. The minimum absolute atomic E-state index is 0.198. The maximum atomic E-state index is 12.7. The lowest BCUT2D eigenvalue weighted by atomic mass is 10.1. The Labute approximate surface area is 175 Å². The van der Waals surface area contributed by atoms with Crippen LogP contribution in [0.4, 0.5) is 5.13 Å². The summed E-state index contributed by atoms with van der Waals surface area (Å²) in [6, 6.07) is 21.0. The molecular formula is C23H15ClN2O2S. The van der Waals surface area contributed by atoms with Crippen molar-refractivity contribution < 1.29 is 9.21 Å². The molecule has 0 unspecified atom stereocenters. The number of thiazole rings is 1. The van der Waals surface area contributed by atoms with E-state index in [1.165, 1.54) is 11.3 Å². The van der Waals surface area contributed by atoms with Gasteiger partial charge in [-0.2, -0.15) is 0 Å². The van der Waals surface area contributed by atoms with Crippen molar-refractivity contribution in [2.75, 3.05) is 5.32 Å². The molecular weight excluding hydrogens is 404 g/mol. The molecule has 3 aromatic carbocycles. The largest absolute Gasteiger partial charge is 0.456 e. The molecule has 0 spiro atoms. The summed E-state index contributed by atoms with van der Waals surface area (Å²) in [5.74, 6) is -0.198. The fourth-order valence-corrected chi connectivity index (χ4v) is 4.35. The minimum atomic E-state index is -0.198. The number of aromatic nitrogens is 1. The molecule has 0 radical (unpaired) electrons. The molecule has 5 rings (SSSR count). The average Bonchev–Trinajstić information content (AvgIpc) is 3.33. The second-order valence-electron chi connectivity index (χ2n) is 6.66. The van der Waals surface area contributed by atoms with Crippen molar-refractivity contribution in [1.82, 2.24) is 4.98 Å². The number of furan rings is 1. The van der Waals surface area contributed by atoms with Gasteiger partial charge in [0.15, 0.2) is 5.13 Å². The number of rotatable bonds is 4. The van der Waals surface area contributed by atoms with Crippen LogP contribution in [0.2, 0.25) is 5.02 Å². The molecule has 0 fully saturated rings. The van der Waals surface area contributed by atoms with Gasteiger partial charge < -0.3 is 4.42 Å². The number of para-hydroxylation sites is 1. The van der Waals surface area contributed by atoms with Crippen molar-refractivity contribution >= 4 is 55.9 Å². The number of benzene rings is 3. The summed E-state index contributed by atoms with van der Waals surface area (Å²) >= 11 is 7.68. The van der Waals surface area contributed by atoms with E-state index in [9.17, 15) is 4.79 Å². The highest BCUT2D eigenvalue weighted by Crippen LogP contribution is 2.30. The molecule has 2 heterocycles. The topological polar surface area (TPSA) is 55.1 Å². The van der Waals surface area contributed by atoms with Crippen molar-refractivity contribution in [2.24, 2.45) is 0 Å². The molecule has 29 heavy (non-hydrogen) atoms. The Hall–Kier alpha value is -3.15. The summed E-state index contributed by atoms with van der Waals surface area (Å²) in [4.78, 5) is 18.1. The third kappa shape index (κ3) is 3.50. The van der Waals surface area contributed by atoms with Crippen LogP contribution < -0.4 is 5.32 Å². The summed E-state index contributed by atoms with van der Waals surface area (Å²) in [5, 5.41) is 6.10. The van der Waals surface area contributed by atoms with Crippen LogP contribution >= 0.6 is 22.9 Å². The number of hydrogen-bond acceptors (Lipinski definition) is 4. The van der Waals surface area contributed by atoms with Gasteiger partial charge in [-0.25, -0.2) is 4.98 Å². The molecule has 0 aliphatic rings. The molecule has 0 bridgehead atoms. The second kappa shape index (κ2) is 7.35. The van der Waals surface area contributed by atoms with Gasteiger partial charge in [-0.1, -0.05) is 48.0 Å². The van der Waals surface area contributed by atoms with E-state index in [0.717, 1.165) is 37.4 Å². The smallest absolute Gasteiger partial charge is 0.257 e. The molecule has 2 aromatic heterocycles. The summed E-state index contributed by atoms with van der Waals surface area (Å²) in [6.07, 6.45) is 2.45. The Bertz CT molecular complexity index is 1360. The third-order valence-electron chi connectivity index (χ3n) is 4.74. The predicted octanol–water partition coefficient (Wildman–Crippen LogP) is 6.54. The SMILES string of the molecule is O=C(Nc1ncc(Cc2ccccc2Cl)s1)c1ccc2oc3ccccc3c2c1. The van der Waals surface area contributed by atoms with Gasteiger partial charge >= 0.3 is 0 Å². The summed E-state index contributed by atoms with van der Waals surface area (Å²) in [7, 11) is 0. The number of fused-ring (bicyclic) bond motifs is 3. The van der Waals surface area contributed by atoms with E-state index in [4.69, 9.17) is 16.0 Å². The molecule has 0 aliphatic heterocycles. The van der Waals surface area contributed by atoms with E-state index in [-0.39, 0.29) is 5.91 Å². The van der Waals surface area contributed by atoms with Crippen molar-refractivity contribution in [3.63, 3.8) is 0 Å². The van der Waals surface area contributed by atoms with Gasteiger partial charge in [-0.3, -0.25) is 10.1 Å². The Morgan fingerprint density at radius 3 is 2.69 bits per heavy atom. The molecule has 0 atom stereocenters. The van der Waals surface area contributed by atoms with E-state index in [1.807, 2.05) is 60.7 Å². The number of amides is 1. The van der Waals surface area contributed by atoms with Crippen molar-refractivity contribution in [1.29, 1.82) is 0 Å². The van der Waals surface area contributed by atoms with Gasteiger partial charge in [0, 0.05) is 38.9 Å². The molecule has 1 N–H and O–H groups in total. The number of carbonyl (C=O) groups excluding carboxylic acids is 1. The van der Waals surface area contributed by atoms with Gasteiger partial charge in [0.2, 0.25) is 0 Å². The summed E-state index contributed by atoms with van der Waals surface area (Å²) < 4.78 is 5.82. The quantitative estimate of drug-likeness (QED) is 0.360. The van der Waals surface area contributed by atoms with E-state index >= 15 is 0 Å². The molecule has 0 aliphatic carbocycles. The Morgan fingerprint density at radius 2 is 1.79 bits per heavy atom. The number of carbonyl (C=O) groups is 1. The standard InChI is InChI=1S/C23H15ClN2O2S/c24-19-7-3-1-5-14(19)11-16-13-25-23(29-16)26-22(27)15-9-10-21-18(12-15)17-6-2-4-8-20(17)28-21/h1-10,12-13H,11H2,(H,25,26,27). The minimum Gasteiger partial charge on any atom is -0.456 e.